The highest BCUT2D eigenvalue weighted by molar-refractivity contribution is 5.81. The third-order valence-corrected chi connectivity index (χ3v) is 1.97. The fourth-order valence-electron chi connectivity index (χ4n) is 1.28. The molecule has 1 aliphatic heterocycles. The molecule has 0 aromatic carbocycles. The molecule has 70 valence electrons. The maximum Gasteiger partial charge on any atom is 0.154 e. The maximum absolute atomic E-state index is 8.27. The fourth-order valence-corrected chi connectivity index (χ4v) is 1.28. The monoisotopic (exact) mass is 172 g/mol. The Morgan fingerprint density at radius 2 is 2.08 bits per heavy atom. The van der Waals surface area contributed by atoms with Gasteiger partial charge in [-0.25, -0.2) is 10.4 Å². The average molecular weight is 172 g/mol. The third kappa shape index (κ3) is 3.06. The van der Waals surface area contributed by atoms with Crippen molar-refractivity contribution in [2.75, 3.05) is 19.6 Å². The number of piperidine rings is 1. The lowest BCUT2D eigenvalue weighted by Gasteiger charge is -2.26. The van der Waals surface area contributed by atoms with Gasteiger partial charge in [0.05, 0.1) is 6.54 Å². The highest BCUT2D eigenvalue weighted by Gasteiger charge is 2.08. The maximum atomic E-state index is 8.27. The van der Waals surface area contributed by atoms with Crippen LogP contribution in [0.1, 0.15) is 19.3 Å². The molecule has 1 fully saturated rings. The SMILES string of the molecule is N/C(CNN1CCCCC1)=N\O. The second-order valence-electron chi connectivity index (χ2n) is 2.97. The molecule has 12 heavy (non-hydrogen) atoms. The van der Waals surface area contributed by atoms with E-state index in [9.17, 15) is 0 Å². The van der Waals surface area contributed by atoms with Crippen LogP contribution >= 0.6 is 0 Å². The summed E-state index contributed by atoms with van der Waals surface area (Å²) >= 11 is 0. The molecule has 0 amide bonds. The van der Waals surface area contributed by atoms with Crippen molar-refractivity contribution in [2.24, 2.45) is 10.9 Å². The van der Waals surface area contributed by atoms with E-state index in [1.807, 2.05) is 0 Å². The lowest BCUT2D eigenvalue weighted by molar-refractivity contribution is 0.164. The van der Waals surface area contributed by atoms with Gasteiger partial charge < -0.3 is 10.9 Å². The Morgan fingerprint density at radius 3 is 2.67 bits per heavy atom. The van der Waals surface area contributed by atoms with Crippen molar-refractivity contribution in [3.8, 4) is 0 Å². The minimum absolute atomic E-state index is 0.223. The molecule has 0 spiro atoms. The number of rotatable bonds is 3. The van der Waals surface area contributed by atoms with E-state index >= 15 is 0 Å². The van der Waals surface area contributed by atoms with Crippen molar-refractivity contribution in [3.63, 3.8) is 0 Å². The first kappa shape index (κ1) is 9.28. The zero-order valence-electron chi connectivity index (χ0n) is 7.16. The molecular formula is C7H16N4O. The zero-order valence-corrected chi connectivity index (χ0v) is 7.16. The van der Waals surface area contributed by atoms with E-state index in [0.717, 1.165) is 13.1 Å². The molecule has 5 heteroatoms. The summed E-state index contributed by atoms with van der Waals surface area (Å²) in [6, 6.07) is 0. The second kappa shape index (κ2) is 4.95. The van der Waals surface area contributed by atoms with Crippen LogP contribution in [0.2, 0.25) is 0 Å². The first-order valence-corrected chi connectivity index (χ1v) is 4.28. The van der Waals surface area contributed by atoms with Gasteiger partial charge in [0.15, 0.2) is 5.84 Å². The van der Waals surface area contributed by atoms with E-state index in [4.69, 9.17) is 10.9 Å². The Bertz CT molecular complexity index is 153. The van der Waals surface area contributed by atoms with Gasteiger partial charge in [0.1, 0.15) is 0 Å². The number of oxime groups is 1. The molecule has 5 nitrogen and oxygen atoms in total. The summed E-state index contributed by atoms with van der Waals surface area (Å²) in [5.41, 5.74) is 8.39. The number of nitrogens with zero attached hydrogens (tertiary/aromatic N) is 2. The highest BCUT2D eigenvalue weighted by Crippen LogP contribution is 2.05. The predicted octanol–water partition coefficient (Wildman–Crippen LogP) is -0.277. The van der Waals surface area contributed by atoms with E-state index < -0.39 is 0 Å². The third-order valence-electron chi connectivity index (χ3n) is 1.97. The van der Waals surface area contributed by atoms with Crippen LogP contribution in [0.25, 0.3) is 0 Å². The van der Waals surface area contributed by atoms with Crippen LogP contribution in [0.5, 0.6) is 0 Å². The van der Waals surface area contributed by atoms with Gasteiger partial charge >= 0.3 is 0 Å². The van der Waals surface area contributed by atoms with Crippen LogP contribution in [0, 0.1) is 0 Å². The van der Waals surface area contributed by atoms with E-state index in [-0.39, 0.29) is 5.84 Å². The molecule has 0 bridgehead atoms. The van der Waals surface area contributed by atoms with Crippen LogP contribution in [0.4, 0.5) is 0 Å². The highest BCUT2D eigenvalue weighted by atomic mass is 16.4. The van der Waals surface area contributed by atoms with Gasteiger partial charge in [-0.05, 0) is 12.8 Å². The molecule has 4 N–H and O–H groups in total. The van der Waals surface area contributed by atoms with Crippen LogP contribution in [0.3, 0.4) is 0 Å². The molecule has 0 aliphatic carbocycles. The summed E-state index contributed by atoms with van der Waals surface area (Å²) in [6.07, 6.45) is 3.76. The lowest BCUT2D eigenvalue weighted by atomic mass is 10.2. The second-order valence-corrected chi connectivity index (χ2v) is 2.97. The predicted molar refractivity (Wildman–Crippen MR) is 46.8 cm³/mol. The molecule has 0 aromatic rings. The quantitative estimate of drug-likeness (QED) is 0.237. The summed E-state index contributed by atoms with van der Waals surface area (Å²) in [5, 5.41) is 13.3. The molecule has 1 saturated heterocycles. The Balaban J connectivity index is 2.13. The zero-order chi connectivity index (χ0) is 8.81. The fraction of sp³-hybridized carbons (Fsp3) is 0.857. The smallest absolute Gasteiger partial charge is 0.154 e. The molecule has 0 aromatic heterocycles. The minimum atomic E-state index is 0.223. The van der Waals surface area contributed by atoms with Crippen molar-refractivity contribution in [3.05, 3.63) is 0 Å². The standard InChI is InChI=1S/C7H16N4O/c8-7(10-12)6-9-11-4-2-1-3-5-11/h9,12H,1-6H2,(H2,8,10). The Labute approximate surface area is 72.2 Å². The molecule has 0 saturated carbocycles. The Morgan fingerprint density at radius 1 is 1.42 bits per heavy atom. The van der Waals surface area contributed by atoms with Gasteiger partial charge in [0.2, 0.25) is 0 Å². The normalized spacial score (nSPS) is 21.2. The van der Waals surface area contributed by atoms with Gasteiger partial charge in [0, 0.05) is 13.1 Å². The minimum Gasteiger partial charge on any atom is -0.409 e. The molecule has 1 rings (SSSR count). The average Bonchev–Trinajstić information content (AvgIpc) is 2.16. The van der Waals surface area contributed by atoms with E-state index in [2.05, 4.69) is 15.6 Å². The van der Waals surface area contributed by atoms with E-state index in [1.165, 1.54) is 19.3 Å². The summed E-state index contributed by atoms with van der Waals surface area (Å²) in [4.78, 5) is 0. The summed E-state index contributed by atoms with van der Waals surface area (Å²) in [6.45, 7) is 2.54. The van der Waals surface area contributed by atoms with Crippen LogP contribution in [0.15, 0.2) is 5.16 Å². The van der Waals surface area contributed by atoms with Gasteiger partial charge in [-0.2, -0.15) is 0 Å². The molecular weight excluding hydrogens is 156 g/mol. The van der Waals surface area contributed by atoms with Crippen molar-refractivity contribution in [1.82, 2.24) is 10.4 Å². The van der Waals surface area contributed by atoms with Crippen LogP contribution < -0.4 is 11.2 Å². The lowest BCUT2D eigenvalue weighted by Crippen LogP contribution is -2.45. The summed E-state index contributed by atoms with van der Waals surface area (Å²) in [7, 11) is 0. The number of nitrogens with one attached hydrogen (secondary N) is 1. The topological polar surface area (TPSA) is 73.9 Å². The number of hydrogen-bond donors (Lipinski definition) is 3. The number of hydrazine groups is 1. The molecule has 0 radical (unpaired) electrons. The van der Waals surface area contributed by atoms with Gasteiger partial charge in [-0.15, -0.1) is 0 Å². The van der Waals surface area contributed by atoms with E-state index in [1.54, 1.807) is 0 Å². The molecule has 0 atom stereocenters. The first-order valence-electron chi connectivity index (χ1n) is 4.28. The van der Waals surface area contributed by atoms with Crippen molar-refractivity contribution < 1.29 is 5.21 Å². The molecule has 0 unspecified atom stereocenters. The summed E-state index contributed by atoms with van der Waals surface area (Å²) < 4.78 is 0. The summed E-state index contributed by atoms with van der Waals surface area (Å²) in [5.74, 6) is 0.223. The van der Waals surface area contributed by atoms with Gasteiger partial charge in [-0.3, -0.25) is 0 Å². The Kier molecular flexibility index (Phi) is 3.83. The number of hydrogen-bond acceptors (Lipinski definition) is 4. The van der Waals surface area contributed by atoms with Crippen molar-refractivity contribution in [1.29, 1.82) is 0 Å². The first-order chi connectivity index (χ1) is 5.83. The molecule has 1 aliphatic rings. The number of amidine groups is 1. The van der Waals surface area contributed by atoms with Gasteiger partial charge in [-0.1, -0.05) is 11.6 Å². The Hall–Kier alpha value is -0.810. The molecule has 1 heterocycles. The van der Waals surface area contributed by atoms with Gasteiger partial charge in [0.25, 0.3) is 0 Å². The van der Waals surface area contributed by atoms with Crippen LogP contribution in [-0.4, -0.2) is 35.7 Å². The van der Waals surface area contributed by atoms with Crippen LogP contribution in [-0.2, 0) is 0 Å². The van der Waals surface area contributed by atoms with Crippen molar-refractivity contribution in [2.45, 2.75) is 19.3 Å². The van der Waals surface area contributed by atoms with Crippen molar-refractivity contribution >= 4 is 5.84 Å². The van der Waals surface area contributed by atoms with E-state index in [0.29, 0.717) is 6.54 Å². The largest absolute Gasteiger partial charge is 0.409 e. The number of nitrogens with two attached hydrogens (primary N) is 1.